The van der Waals surface area contributed by atoms with E-state index in [1.54, 1.807) is 7.11 Å². The molecule has 86 valence electrons. The highest BCUT2D eigenvalue weighted by atomic mass is 16.5. The van der Waals surface area contributed by atoms with Crippen molar-refractivity contribution in [3.8, 4) is 0 Å². The van der Waals surface area contributed by atoms with Crippen LogP contribution in [0.4, 0.5) is 0 Å². The standard InChI is InChI=1S/C7H17N.C5H10O/c1-6(2)5-7(3)8-4;1-6-5-3-2-4-5/h6-8H,5H2,1-4H3;5H,2-4H2,1H3/t7-;/m0./s1. The van der Waals surface area contributed by atoms with Crippen molar-refractivity contribution in [1.82, 2.24) is 5.32 Å². The van der Waals surface area contributed by atoms with E-state index in [0.29, 0.717) is 12.1 Å². The maximum atomic E-state index is 4.99. The van der Waals surface area contributed by atoms with E-state index >= 15 is 0 Å². The molecule has 2 nitrogen and oxygen atoms in total. The summed E-state index contributed by atoms with van der Waals surface area (Å²) in [6.07, 6.45) is 5.84. The van der Waals surface area contributed by atoms with Gasteiger partial charge in [-0.3, -0.25) is 0 Å². The van der Waals surface area contributed by atoms with Gasteiger partial charge in [-0.2, -0.15) is 0 Å². The van der Waals surface area contributed by atoms with E-state index in [4.69, 9.17) is 4.74 Å². The van der Waals surface area contributed by atoms with E-state index in [9.17, 15) is 0 Å². The lowest BCUT2D eigenvalue weighted by atomic mass is 9.96. The van der Waals surface area contributed by atoms with Crippen molar-refractivity contribution < 1.29 is 4.74 Å². The maximum Gasteiger partial charge on any atom is 0.0571 e. The molecule has 1 rings (SSSR count). The average molecular weight is 201 g/mol. The summed E-state index contributed by atoms with van der Waals surface area (Å²) in [6.45, 7) is 6.70. The van der Waals surface area contributed by atoms with Gasteiger partial charge in [-0.15, -0.1) is 0 Å². The number of nitrogens with one attached hydrogen (secondary N) is 1. The minimum atomic E-state index is 0.616. The van der Waals surface area contributed by atoms with Crippen LogP contribution < -0.4 is 5.32 Å². The van der Waals surface area contributed by atoms with Crippen molar-refractivity contribution in [3.63, 3.8) is 0 Å². The molecular weight excluding hydrogens is 174 g/mol. The third-order valence-electron chi connectivity index (χ3n) is 2.70. The summed E-state index contributed by atoms with van der Waals surface area (Å²) < 4.78 is 4.99. The molecule has 0 saturated heterocycles. The Bertz CT molecular complexity index is 119. The van der Waals surface area contributed by atoms with E-state index < -0.39 is 0 Å². The van der Waals surface area contributed by atoms with Gasteiger partial charge in [-0.25, -0.2) is 0 Å². The highest BCUT2D eigenvalue weighted by Crippen LogP contribution is 2.20. The third kappa shape index (κ3) is 7.34. The predicted octanol–water partition coefficient (Wildman–Crippen LogP) is 2.83. The summed E-state index contributed by atoms with van der Waals surface area (Å²) >= 11 is 0. The molecule has 0 aromatic heterocycles. The molecular formula is C12H27NO. The second-order valence-corrected chi connectivity index (χ2v) is 4.61. The van der Waals surface area contributed by atoms with Crippen molar-refractivity contribution in [1.29, 1.82) is 0 Å². The molecule has 0 aromatic rings. The number of methoxy groups -OCH3 is 1. The van der Waals surface area contributed by atoms with Gasteiger partial charge in [0.15, 0.2) is 0 Å². The Hall–Kier alpha value is -0.0800. The molecule has 0 aliphatic heterocycles. The minimum Gasteiger partial charge on any atom is -0.381 e. The first-order valence-corrected chi connectivity index (χ1v) is 5.80. The second kappa shape index (κ2) is 8.25. The third-order valence-corrected chi connectivity index (χ3v) is 2.70. The fourth-order valence-electron chi connectivity index (χ4n) is 1.43. The van der Waals surface area contributed by atoms with E-state index in [2.05, 4.69) is 26.1 Å². The largest absolute Gasteiger partial charge is 0.381 e. The zero-order chi connectivity index (χ0) is 11.0. The lowest BCUT2D eigenvalue weighted by Crippen LogP contribution is -2.22. The van der Waals surface area contributed by atoms with Crippen LogP contribution in [0.3, 0.4) is 0 Å². The van der Waals surface area contributed by atoms with Gasteiger partial charge in [0.25, 0.3) is 0 Å². The van der Waals surface area contributed by atoms with Gasteiger partial charge in [0.2, 0.25) is 0 Å². The monoisotopic (exact) mass is 201 g/mol. The highest BCUT2D eigenvalue weighted by molar-refractivity contribution is 4.67. The highest BCUT2D eigenvalue weighted by Gasteiger charge is 2.14. The number of ether oxygens (including phenoxy) is 1. The summed E-state index contributed by atoms with van der Waals surface area (Å²) in [4.78, 5) is 0. The summed E-state index contributed by atoms with van der Waals surface area (Å²) in [5, 5.41) is 3.20. The summed E-state index contributed by atoms with van der Waals surface area (Å²) in [7, 11) is 3.79. The van der Waals surface area contributed by atoms with Crippen LogP contribution in [0.5, 0.6) is 0 Å². The SMILES string of the molecule is CN[C@@H](C)CC(C)C.COC1CCC1. The Morgan fingerprint density at radius 3 is 1.93 bits per heavy atom. The van der Waals surface area contributed by atoms with Gasteiger partial charge in [0.1, 0.15) is 0 Å². The fourth-order valence-corrected chi connectivity index (χ4v) is 1.43. The van der Waals surface area contributed by atoms with Gasteiger partial charge < -0.3 is 10.1 Å². The molecule has 2 heteroatoms. The summed E-state index contributed by atoms with van der Waals surface area (Å²) in [5.74, 6) is 0.817. The van der Waals surface area contributed by atoms with Crippen molar-refractivity contribution in [3.05, 3.63) is 0 Å². The molecule has 1 N–H and O–H groups in total. The molecule has 1 saturated carbocycles. The number of hydrogen-bond acceptors (Lipinski definition) is 2. The first-order valence-electron chi connectivity index (χ1n) is 5.80. The van der Waals surface area contributed by atoms with Gasteiger partial charge in [-0.1, -0.05) is 13.8 Å². The molecule has 14 heavy (non-hydrogen) atoms. The van der Waals surface area contributed by atoms with Crippen LogP contribution >= 0.6 is 0 Å². The topological polar surface area (TPSA) is 21.3 Å². The Labute approximate surface area is 89.4 Å². The van der Waals surface area contributed by atoms with Crippen LogP contribution in [0.25, 0.3) is 0 Å². The Morgan fingerprint density at radius 1 is 1.29 bits per heavy atom. The lowest BCUT2D eigenvalue weighted by Gasteiger charge is -2.22. The molecule has 0 heterocycles. The predicted molar refractivity (Wildman–Crippen MR) is 62.6 cm³/mol. The van der Waals surface area contributed by atoms with Crippen LogP contribution in [0, 0.1) is 5.92 Å². The Kier molecular flexibility index (Phi) is 8.20. The van der Waals surface area contributed by atoms with Gasteiger partial charge >= 0.3 is 0 Å². The molecule has 0 spiro atoms. The van der Waals surface area contributed by atoms with Crippen molar-refractivity contribution >= 4 is 0 Å². The molecule has 0 amide bonds. The van der Waals surface area contributed by atoms with Gasteiger partial charge in [0.05, 0.1) is 6.10 Å². The maximum absolute atomic E-state index is 4.99. The van der Waals surface area contributed by atoms with Gasteiger partial charge in [0, 0.05) is 13.2 Å². The fraction of sp³-hybridized carbons (Fsp3) is 1.00. The first kappa shape index (κ1) is 13.9. The zero-order valence-electron chi connectivity index (χ0n) is 10.5. The van der Waals surface area contributed by atoms with E-state index in [-0.39, 0.29) is 0 Å². The second-order valence-electron chi connectivity index (χ2n) is 4.61. The van der Waals surface area contributed by atoms with E-state index in [0.717, 1.165) is 5.92 Å². The van der Waals surface area contributed by atoms with Crippen LogP contribution in [0.15, 0.2) is 0 Å². The summed E-state index contributed by atoms with van der Waals surface area (Å²) in [6, 6.07) is 0.676. The lowest BCUT2D eigenvalue weighted by molar-refractivity contribution is 0.0412. The van der Waals surface area contributed by atoms with Crippen molar-refractivity contribution in [2.45, 2.75) is 58.6 Å². The van der Waals surface area contributed by atoms with Gasteiger partial charge in [-0.05, 0) is 45.6 Å². The summed E-state index contributed by atoms with van der Waals surface area (Å²) in [5.41, 5.74) is 0. The molecule has 0 bridgehead atoms. The van der Waals surface area contributed by atoms with E-state index in [1.807, 2.05) is 7.05 Å². The average Bonchev–Trinajstić information content (AvgIpc) is 2.02. The Balaban J connectivity index is 0.000000249. The Morgan fingerprint density at radius 2 is 1.86 bits per heavy atom. The molecule has 1 aliphatic carbocycles. The molecule has 1 fully saturated rings. The van der Waals surface area contributed by atoms with Crippen molar-refractivity contribution in [2.24, 2.45) is 5.92 Å². The molecule has 1 atom stereocenters. The first-order chi connectivity index (χ1) is 6.60. The van der Waals surface area contributed by atoms with Crippen LogP contribution in [0.2, 0.25) is 0 Å². The van der Waals surface area contributed by atoms with Crippen LogP contribution in [0.1, 0.15) is 46.5 Å². The van der Waals surface area contributed by atoms with E-state index in [1.165, 1.54) is 25.7 Å². The van der Waals surface area contributed by atoms with Crippen LogP contribution in [-0.2, 0) is 4.74 Å². The van der Waals surface area contributed by atoms with Crippen LogP contribution in [-0.4, -0.2) is 26.3 Å². The normalized spacial score (nSPS) is 18.4. The molecule has 0 unspecified atom stereocenters. The number of rotatable bonds is 4. The molecule has 0 aromatic carbocycles. The smallest absolute Gasteiger partial charge is 0.0571 e. The molecule has 0 radical (unpaired) electrons. The zero-order valence-corrected chi connectivity index (χ0v) is 10.5. The van der Waals surface area contributed by atoms with Crippen molar-refractivity contribution in [2.75, 3.05) is 14.2 Å². The molecule has 1 aliphatic rings. The quantitative estimate of drug-likeness (QED) is 0.755. The minimum absolute atomic E-state index is 0.616. The number of hydrogen-bond donors (Lipinski definition) is 1.